The minimum atomic E-state index is -0.464. The Morgan fingerprint density at radius 2 is 1.43 bits per heavy atom. The third kappa shape index (κ3) is 2.90. The number of hydrogen-bond acceptors (Lipinski definition) is 3. The maximum absolute atomic E-state index is 13.0. The maximum atomic E-state index is 13.0. The molecule has 0 radical (unpaired) electrons. The van der Waals surface area contributed by atoms with E-state index in [1.54, 1.807) is 19.1 Å². The number of hydrogen-bond donors (Lipinski definition) is 0. The molecule has 2 amide bonds. The number of thioether (sulfide) groups is 1. The second kappa shape index (κ2) is 5.96. The monoisotopic (exact) mass is 331 g/mol. The zero-order valence-electron chi connectivity index (χ0n) is 12.0. The highest BCUT2D eigenvalue weighted by Gasteiger charge is 2.37. The summed E-state index contributed by atoms with van der Waals surface area (Å²) in [6.07, 6.45) is 0. The van der Waals surface area contributed by atoms with E-state index in [0.29, 0.717) is 16.8 Å². The highest BCUT2D eigenvalue weighted by molar-refractivity contribution is 8.19. The van der Waals surface area contributed by atoms with Gasteiger partial charge in [-0.2, -0.15) is 0 Å². The van der Waals surface area contributed by atoms with Crippen LogP contribution in [0.2, 0.25) is 0 Å². The third-order valence-corrected chi connectivity index (χ3v) is 4.51. The summed E-state index contributed by atoms with van der Waals surface area (Å²) >= 11 is 0.818. The second-order valence-electron chi connectivity index (χ2n) is 4.95. The fourth-order valence-electron chi connectivity index (χ4n) is 2.24. The lowest BCUT2D eigenvalue weighted by atomic mass is 10.1. The van der Waals surface area contributed by atoms with E-state index < -0.39 is 17.0 Å². The normalized spacial score (nSPS) is 16.9. The Morgan fingerprint density at radius 1 is 0.913 bits per heavy atom. The molecule has 1 fully saturated rings. The van der Waals surface area contributed by atoms with Gasteiger partial charge in [0.1, 0.15) is 11.6 Å². The number of halogens is 2. The quantitative estimate of drug-likeness (QED) is 0.755. The highest BCUT2D eigenvalue weighted by Crippen LogP contribution is 2.38. The Balaban J connectivity index is 1.98. The first-order valence-electron chi connectivity index (χ1n) is 6.76. The lowest BCUT2D eigenvalue weighted by Crippen LogP contribution is -2.27. The van der Waals surface area contributed by atoms with Gasteiger partial charge in [-0.1, -0.05) is 12.1 Å². The number of nitrogens with zero attached hydrogens (tertiary/aromatic N) is 1. The minimum absolute atomic E-state index is 0.283. The predicted octanol–water partition coefficient (Wildman–Crippen LogP) is 4.60. The molecule has 0 N–H and O–H groups in total. The summed E-state index contributed by atoms with van der Waals surface area (Å²) in [5, 5.41) is -0.446. The van der Waals surface area contributed by atoms with E-state index >= 15 is 0 Å². The molecule has 116 valence electrons. The molecule has 3 rings (SSSR count). The van der Waals surface area contributed by atoms with Gasteiger partial charge in [0.25, 0.3) is 11.1 Å². The van der Waals surface area contributed by atoms with E-state index in [9.17, 15) is 18.4 Å². The molecular weight excluding hydrogens is 320 g/mol. The van der Waals surface area contributed by atoms with E-state index in [1.165, 1.54) is 36.4 Å². The molecule has 3 nitrogen and oxygen atoms in total. The molecule has 2 aromatic carbocycles. The van der Waals surface area contributed by atoms with Crippen molar-refractivity contribution in [2.75, 3.05) is 4.90 Å². The topological polar surface area (TPSA) is 37.4 Å². The summed E-state index contributed by atoms with van der Waals surface area (Å²) < 4.78 is 26.0. The second-order valence-corrected chi connectivity index (χ2v) is 5.91. The van der Waals surface area contributed by atoms with Crippen LogP contribution in [0.5, 0.6) is 0 Å². The van der Waals surface area contributed by atoms with Gasteiger partial charge in [0, 0.05) is 0 Å². The van der Waals surface area contributed by atoms with Crippen LogP contribution >= 0.6 is 11.8 Å². The van der Waals surface area contributed by atoms with Gasteiger partial charge in [-0.05, 0) is 66.2 Å². The largest absolute Gasteiger partial charge is 0.298 e. The van der Waals surface area contributed by atoms with Crippen molar-refractivity contribution in [1.29, 1.82) is 0 Å². The van der Waals surface area contributed by atoms with Crippen LogP contribution in [0, 0.1) is 11.6 Å². The van der Waals surface area contributed by atoms with Gasteiger partial charge in [-0.15, -0.1) is 0 Å². The molecular formula is C17H11F2NO2S. The number of rotatable bonds is 2. The number of carbonyl (C=O) groups is 2. The molecule has 0 aromatic heterocycles. The molecule has 1 heterocycles. The number of benzene rings is 2. The Morgan fingerprint density at radius 3 is 2.00 bits per heavy atom. The Labute approximate surface area is 135 Å². The number of anilines is 1. The van der Waals surface area contributed by atoms with Crippen LogP contribution in [0.4, 0.5) is 19.3 Å². The van der Waals surface area contributed by atoms with Gasteiger partial charge in [-0.25, -0.2) is 13.7 Å². The van der Waals surface area contributed by atoms with Crippen molar-refractivity contribution in [2.45, 2.75) is 6.92 Å². The van der Waals surface area contributed by atoms with Gasteiger partial charge >= 0.3 is 0 Å². The third-order valence-electron chi connectivity index (χ3n) is 3.47. The first kappa shape index (κ1) is 15.4. The molecule has 0 atom stereocenters. The zero-order chi connectivity index (χ0) is 16.6. The van der Waals surface area contributed by atoms with Crippen LogP contribution in [0.1, 0.15) is 12.5 Å². The van der Waals surface area contributed by atoms with Crippen LogP contribution in [0.25, 0.3) is 5.57 Å². The molecule has 0 unspecified atom stereocenters. The molecule has 2 aromatic rings. The van der Waals surface area contributed by atoms with E-state index in [4.69, 9.17) is 0 Å². The number of allylic oxidation sites excluding steroid dienone is 1. The molecule has 1 aliphatic rings. The van der Waals surface area contributed by atoms with Crippen molar-refractivity contribution in [2.24, 2.45) is 0 Å². The van der Waals surface area contributed by atoms with Crippen molar-refractivity contribution in [3.05, 3.63) is 70.6 Å². The smallest absolute Gasteiger partial charge is 0.268 e. The number of amides is 2. The van der Waals surface area contributed by atoms with E-state index in [1.807, 2.05) is 0 Å². The average molecular weight is 331 g/mol. The van der Waals surface area contributed by atoms with E-state index in [0.717, 1.165) is 16.7 Å². The first-order valence-corrected chi connectivity index (χ1v) is 7.57. The first-order chi connectivity index (χ1) is 11.0. The van der Waals surface area contributed by atoms with Gasteiger partial charge in [0.2, 0.25) is 0 Å². The predicted molar refractivity (Wildman–Crippen MR) is 85.9 cm³/mol. The van der Waals surface area contributed by atoms with E-state index in [-0.39, 0.29) is 10.7 Å². The van der Waals surface area contributed by atoms with Crippen LogP contribution in [0.15, 0.2) is 53.4 Å². The van der Waals surface area contributed by atoms with Crippen LogP contribution < -0.4 is 4.90 Å². The maximum Gasteiger partial charge on any atom is 0.298 e. The molecule has 0 saturated carbocycles. The summed E-state index contributed by atoms with van der Waals surface area (Å²) in [5.74, 6) is -1.28. The van der Waals surface area contributed by atoms with Gasteiger partial charge in [0.15, 0.2) is 0 Å². The lowest BCUT2D eigenvalue weighted by Gasteiger charge is -2.12. The summed E-state index contributed by atoms with van der Waals surface area (Å²) in [5.41, 5.74) is 1.57. The Bertz CT molecular complexity index is 813. The standard InChI is InChI=1S/C17H11F2NO2S/c1-10(11-2-4-12(18)5-3-11)15-16(21)20(17(22)23-15)14-8-6-13(19)7-9-14/h2-9H,1H3/b15-10-. The molecule has 0 spiro atoms. The molecule has 23 heavy (non-hydrogen) atoms. The molecule has 1 aliphatic heterocycles. The van der Waals surface area contributed by atoms with Crippen LogP contribution in [-0.4, -0.2) is 11.1 Å². The number of imide groups is 1. The minimum Gasteiger partial charge on any atom is -0.268 e. The van der Waals surface area contributed by atoms with Crippen LogP contribution in [0.3, 0.4) is 0 Å². The summed E-state index contributed by atoms with van der Waals surface area (Å²) in [6.45, 7) is 1.70. The molecule has 0 aliphatic carbocycles. The highest BCUT2D eigenvalue weighted by atomic mass is 32.2. The van der Waals surface area contributed by atoms with Crippen LogP contribution in [-0.2, 0) is 4.79 Å². The fourth-order valence-corrected chi connectivity index (χ4v) is 3.15. The van der Waals surface area contributed by atoms with Gasteiger partial charge < -0.3 is 0 Å². The van der Waals surface area contributed by atoms with Crippen molar-refractivity contribution < 1.29 is 18.4 Å². The average Bonchev–Trinajstić information content (AvgIpc) is 2.83. The Hall–Kier alpha value is -2.47. The van der Waals surface area contributed by atoms with Gasteiger partial charge in [0.05, 0.1) is 10.6 Å². The molecule has 1 saturated heterocycles. The summed E-state index contributed by atoms with van der Waals surface area (Å²) in [7, 11) is 0. The summed E-state index contributed by atoms with van der Waals surface area (Å²) in [6, 6.07) is 10.8. The lowest BCUT2D eigenvalue weighted by molar-refractivity contribution is -0.113. The zero-order valence-corrected chi connectivity index (χ0v) is 12.9. The Kier molecular flexibility index (Phi) is 4.00. The fraction of sp³-hybridized carbons (Fsp3) is 0.0588. The molecule has 0 bridgehead atoms. The SMILES string of the molecule is C/C(=C1/SC(=O)N(c2ccc(F)cc2)C1=O)c1ccc(F)cc1. The van der Waals surface area contributed by atoms with Crippen molar-refractivity contribution in [3.8, 4) is 0 Å². The van der Waals surface area contributed by atoms with E-state index in [2.05, 4.69) is 0 Å². The number of carbonyl (C=O) groups excluding carboxylic acids is 2. The van der Waals surface area contributed by atoms with Crippen molar-refractivity contribution >= 4 is 34.2 Å². The van der Waals surface area contributed by atoms with Crippen molar-refractivity contribution in [3.63, 3.8) is 0 Å². The van der Waals surface area contributed by atoms with Gasteiger partial charge in [-0.3, -0.25) is 9.59 Å². The van der Waals surface area contributed by atoms with Crippen molar-refractivity contribution in [1.82, 2.24) is 0 Å². The summed E-state index contributed by atoms with van der Waals surface area (Å²) in [4.78, 5) is 26.0. The molecule has 6 heteroatoms.